The molecule has 8 heteroatoms. The molecule has 164 valence electrons. The molecule has 0 bridgehead atoms. The number of hydrogen-bond acceptors (Lipinski definition) is 6. The Morgan fingerprint density at radius 3 is 2.58 bits per heavy atom. The van der Waals surface area contributed by atoms with E-state index in [9.17, 15) is 14.4 Å². The lowest BCUT2D eigenvalue weighted by molar-refractivity contribution is -0.140. The third-order valence-corrected chi connectivity index (χ3v) is 6.37. The fourth-order valence-corrected chi connectivity index (χ4v) is 4.56. The Hall–Kier alpha value is -3.00. The van der Waals surface area contributed by atoms with Crippen molar-refractivity contribution in [2.75, 3.05) is 12.4 Å². The molecule has 0 aliphatic heterocycles. The first-order valence-corrected chi connectivity index (χ1v) is 11.0. The van der Waals surface area contributed by atoms with E-state index in [1.165, 1.54) is 18.4 Å². The van der Waals surface area contributed by atoms with Crippen molar-refractivity contribution in [2.45, 2.75) is 53.0 Å². The van der Waals surface area contributed by atoms with Crippen LogP contribution < -0.4 is 10.9 Å². The van der Waals surface area contributed by atoms with E-state index in [-0.39, 0.29) is 29.8 Å². The van der Waals surface area contributed by atoms with E-state index in [4.69, 9.17) is 4.98 Å². The van der Waals surface area contributed by atoms with Gasteiger partial charge < -0.3 is 10.1 Å². The first-order chi connectivity index (χ1) is 14.7. The molecule has 0 aliphatic carbocycles. The predicted octanol–water partition coefficient (Wildman–Crippen LogP) is 4.40. The molecule has 7 nitrogen and oxygen atoms in total. The van der Waals surface area contributed by atoms with Crippen molar-refractivity contribution in [3.8, 4) is 0 Å². The zero-order chi connectivity index (χ0) is 22.7. The maximum Gasteiger partial charge on any atom is 0.305 e. The Kier molecular flexibility index (Phi) is 6.90. The monoisotopic (exact) mass is 441 g/mol. The fraction of sp³-hybridized carbons (Fsp3) is 0.391. The van der Waals surface area contributed by atoms with Crippen LogP contribution in [0.3, 0.4) is 0 Å². The van der Waals surface area contributed by atoms with Crippen molar-refractivity contribution < 1.29 is 14.3 Å². The van der Waals surface area contributed by atoms with Crippen LogP contribution >= 0.6 is 11.3 Å². The van der Waals surface area contributed by atoms with Gasteiger partial charge in [0.05, 0.1) is 17.4 Å². The second-order valence-corrected chi connectivity index (χ2v) is 8.77. The smallest absolute Gasteiger partial charge is 0.305 e. The van der Waals surface area contributed by atoms with Crippen molar-refractivity contribution in [3.05, 3.63) is 56.4 Å². The van der Waals surface area contributed by atoms with Gasteiger partial charge in [0.25, 0.3) is 11.5 Å². The number of benzene rings is 1. The highest BCUT2D eigenvalue weighted by Crippen LogP contribution is 2.29. The van der Waals surface area contributed by atoms with Crippen molar-refractivity contribution in [2.24, 2.45) is 0 Å². The SMILES string of the molecule is COC(=O)CCCn1c(C(C)C)nc2sc(C(=O)Nc3ccccc3C)c(C)c2c1=O. The van der Waals surface area contributed by atoms with Crippen LogP contribution in [-0.4, -0.2) is 28.5 Å². The molecule has 31 heavy (non-hydrogen) atoms. The molecule has 3 aromatic rings. The number of thiophene rings is 1. The van der Waals surface area contributed by atoms with Gasteiger partial charge in [-0.2, -0.15) is 0 Å². The van der Waals surface area contributed by atoms with Gasteiger partial charge in [0.1, 0.15) is 10.7 Å². The molecule has 1 amide bonds. The Balaban J connectivity index is 2.01. The second kappa shape index (κ2) is 9.43. The summed E-state index contributed by atoms with van der Waals surface area (Å²) in [5.41, 5.74) is 2.14. The van der Waals surface area contributed by atoms with E-state index in [1.807, 2.05) is 45.0 Å². The summed E-state index contributed by atoms with van der Waals surface area (Å²) >= 11 is 1.23. The number of aryl methyl sites for hydroxylation is 2. The van der Waals surface area contributed by atoms with Gasteiger partial charge in [0, 0.05) is 24.6 Å². The molecule has 2 aromatic heterocycles. The Labute approximate surface area is 185 Å². The number of anilines is 1. The molecule has 0 aliphatic rings. The minimum Gasteiger partial charge on any atom is -0.469 e. The Bertz CT molecular complexity index is 1190. The first-order valence-electron chi connectivity index (χ1n) is 10.2. The molecule has 0 unspecified atom stereocenters. The van der Waals surface area contributed by atoms with Gasteiger partial charge in [0.2, 0.25) is 0 Å². The van der Waals surface area contributed by atoms with Gasteiger partial charge in [-0.3, -0.25) is 19.0 Å². The lowest BCUT2D eigenvalue weighted by Crippen LogP contribution is -2.26. The van der Waals surface area contributed by atoms with E-state index in [1.54, 1.807) is 11.5 Å². The minimum absolute atomic E-state index is 0.0156. The number of ether oxygens (including phenoxy) is 1. The quantitative estimate of drug-likeness (QED) is 0.549. The molecule has 0 saturated carbocycles. The third kappa shape index (κ3) is 4.69. The number of esters is 1. The van der Waals surface area contributed by atoms with Crippen LogP contribution in [0.5, 0.6) is 0 Å². The third-order valence-electron chi connectivity index (χ3n) is 5.19. The van der Waals surface area contributed by atoms with Gasteiger partial charge in [-0.15, -0.1) is 11.3 Å². The van der Waals surface area contributed by atoms with Crippen LogP contribution in [0.4, 0.5) is 5.69 Å². The number of hydrogen-bond donors (Lipinski definition) is 1. The maximum atomic E-state index is 13.3. The lowest BCUT2D eigenvalue weighted by atomic mass is 10.1. The number of aromatic nitrogens is 2. The van der Waals surface area contributed by atoms with Crippen LogP contribution in [0.15, 0.2) is 29.1 Å². The predicted molar refractivity (Wildman–Crippen MR) is 123 cm³/mol. The molecule has 1 aromatic carbocycles. The number of nitrogens with one attached hydrogen (secondary N) is 1. The summed E-state index contributed by atoms with van der Waals surface area (Å²) in [5.74, 6) is 0.101. The van der Waals surface area contributed by atoms with Gasteiger partial charge in [0.15, 0.2) is 0 Å². The van der Waals surface area contributed by atoms with Crippen molar-refractivity contribution in [1.29, 1.82) is 0 Å². The van der Waals surface area contributed by atoms with Crippen molar-refractivity contribution in [3.63, 3.8) is 0 Å². The summed E-state index contributed by atoms with van der Waals surface area (Å²) < 4.78 is 6.31. The van der Waals surface area contributed by atoms with E-state index in [0.717, 1.165) is 11.3 Å². The Morgan fingerprint density at radius 1 is 1.23 bits per heavy atom. The normalized spacial score (nSPS) is 11.2. The van der Waals surface area contributed by atoms with Crippen LogP contribution in [0.25, 0.3) is 10.2 Å². The van der Waals surface area contributed by atoms with Crippen LogP contribution in [0.1, 0.15) is 59.2 Å². The first kappa shape index (κ1) is 22.7. The lowest BCUT2D eigenvalue weighted by Gasteiger charge is -2.14. The topological polar surface area (TPSA) is 90.3 Å². The molecule has 0 spiro atoms. The largest absolute Gasteiger partial charge is 0.469 e. The zero-order valence-corrected chi connectivity index (χ0v) is 19.3. The number of carbonyl (C=O) groups excluding carboxylic acids is 2. The summed E-state index contributed by atoms with van der Waals surface area (Å²) in [7, 11) is 1.35. The molecule has 0 saturated heterocycles. The van der Waals surface area contributed by atoms with Crippen LogP contribution in [0.2, 0.25) is 0 Å². The summed E-state index contributed by atoms with van der Waals surface area (Å²) in [6.07, 6.45) is 0.703. The van der Waals surface area contributed by atoms with Gasteiger partial charge in [-0.1, -0.05) is 32.0 Å². The molecule has 1 N–H and O–H groups in total. The van der Waals surface area contributed by atoms with Gasteiger partial charge in [-0.25, -0.2) is 4.98 Å². The van der Waals surface area contributed by atoms with E-state index in [2.05, 4.69) is 10.1 Å². The molecule has 3 rings (SSSR count). The van der Waals surface area contributed by atoms with Crippen LogP contribution in [0, 0.1) is 13.8 Å². The molecule has 0 radical (unpaired) electrons. The molecule has 2 heterocycles. The number of nitrogens with zero attached hydrogens (tertiary/aromatic N) is 2. The summed E-state index contributed by atoms with van der Waals surface area (Å²) in [6.45, 7) is 8.01. The zero-order valence-electron chi connectivity index (χ0n) is 18.4. The number of amides is 1. The second-order valence-electron chi connectivity index (χ2n) is 7.77. The highest BCUT2D eigenvalue weighted by atomic mass is 32.1. The molecular weight excluding hydrogens is 414 g/mol. The maximum absolute atomic E-state index is 13.3. The fourth-order valence-electron chi connectivity index (χ4n) is 3.48. The van der Waals surface area contributed by atoms with Gasteiger partial charge >= 0.3 is 5.97 Å². The average molecular weight is 442 g/mol. The number of carbonyl (C=O) groups is 2. The number of fused-ring (bicyclic) bond motifs is 1. The number of methoxy groups -OCH3 is 1. The number of rotatable bonds is 7. The molecule has 0 atom stereocenters. The Morgan fingerprint density at radius 2 is 1.94 bits per heavy atom. The van der Waals surface area contributed by atoms with Gasteiger partial charge in [-0.05, 0) is 37.5 Å². The minimum atomic E-state index is -0.310. The average Bonchev–Trinajstić information content (AvgIpc) is 3.07. The highest BCUT2D eigenvalue weighted by molar-refractivity contribution is 7.20. The highest BCUT2D eigenvalue weighted by Gasteiger charge is 2.23. The van der Waals surface area contributed by atoms with E-state index >= 15 is 0 Å². The van der Waals surface area contributed by atoms with E-state index < -0.39 is 0 Å². The van der Waals surface area contributed by atoms with E-state index in [0.29, 0.717) is 39.4 Å². The summed E-state index contributed by atoms with van der Waals surface area (Å²) in [5, 5.41) is 3.40. The van der Waals surface area contributed by atoms with Crippen molar-refractivity contribution >= 4 is 39.1 Å². The van der Waals surface area contributed by atoms with Crippen molar-refractivity contribution in [1.82, 2.24) is 9.55 Å². The molecular formula is C23H27N3O4S. The number of para-hydroxylation sites is 1. The standard InChI is InChI=1S/C23H27N3O4S/c1-13(2)20-25-22-18(23(29)26(20)12-8-11-17(27)30-5)15(4)19(31-22)21(28)24-16-10-7-6-9-14(16)3/h6-7,9-10,13H,8,11-12H2,1-5H3,(H,24,28). The summed E-state index contributed by atoms with van der Waals surface area (Å²) in [6, 6.07) is 7.55. The van der Waals surface area contributed by atoms with Crippen LogP contribution in [-0.2, 0) is 16.1 Å². The summed E-state index contributed by atoms with van der Waals surface area (Å²) in [4.78, 5) is 43.5. The molecule has 0 fully saturated rings.